The maximum Gasteiger partial charge on any atom is 0.257 e. The summed E-state index contributed by atoms with van der Waals surface area (Å²) in [6, 6.07) is 3.46. The number of hydrogen-bond donors (Lipinski definition) is 1. The second kappa shape index (κ2) is 4.96. The van der Waals surface area contributed by atoms with Crippen LogP contribution in [0.5, 0.6) is 5.75 Å². The number of halogens is 1. The van der Waals surface area contributed by atoms with Crippen molar-refractivity contribution in [2.24, 2.45) is 0 Å². The van der Waals surface area contributed by atoms with Crippen LogP contribution in [-0.4, -0.2) is 28.5 Å². The number of benzene rings is 1. The summed E-state index contributed by atoms with van der Waals surface area (Å²) in [4.78, 5) is 13.6. The van der Waals surface area contributed by atoms with E-state index in [1.165, 1.54) is 12.1 Å². The van der Waals surface area contributed by atoms with Gasteiger partial charge in [0.05, 0.1) is 5.56 Å². The highest BCUT2D eigenvalue weighted by Crippen LogP contribution is 2.20. The number of carbonyl (C=O) groups is 1. The molecule has 4 heteroatoms. The first kappa shape index (κ1) is 12.5. The first-order chi connectivity index (χ1) is 7.47. The Labute approximate surface area is 94.5 Å². The van der Waals surface area contributed by atoms with Crippen LogP contribution in [0.4, 0.5) is 4.39 Å². The van der Waals surface area contributed by atoms with Crippen LogP contribution in [0.25, 0.3) is 0 Å². The molecule has 1 aromatic carbocycles. The van der Waals surface area contributed by atoms with Gasteiger partial charge in [0.15, 0.2) is 0 Å². The molecule has 0 saturated carbocycles. The number of hydrogen-bond acceptors (Lipinski definition) is 2. The highest BCUT2D eigenvalue weighted by Gasteiger charge is 2.19. The molecule has 1 aromatic rings. The predicted molar refractivity (Wildman–Crippen MR) is 59.9 cm³/mol. The van der Waals surface area contributed by atoms with Gasteiger partial charge in [0.25, 0.3) is 5.91 Å². The van der Waals surface area contributed by atoms with Crippen molar-refractivity contribution in [1.82, 2.24) is 4.90 Å². The summed E-state index contributed by atoms with van der Waals surface area (Å²) in [5, 5.41) is 9.50. The first-order valence-corrected chi connectivity index (χ1v) is 5.26. The van der Waals surface area contributed by atoms with Crippen molar-refractivity contribution in [3.8, 4) is 5.75 Å². The maximum absolute atomic E-state index is 12.8. The van der Waals surface area contributed by atoms with Gasteiger partial charge in [0, 0.05) is 18.7 Å². The fourth-order valence-electron chi connectivity index (χ4n) is 1.58. The fraction of sp³-hybridized carbons (Fsp3) is 0.417. The molecule has 0 spiro atoms. The molecule has 3 nitrogen and oxygen atoms in total. The Morgan fingerprint density at radius 1 is 1.50 bits per heavy atom. The van der Waals surface area contributed by atoms with Crippen LogP contribution in [0.1, 0.15) is 31.1 Å². The minimum Gasteiger partial charge on any atom is -0.507 e. The van der Waals surface area contributed by atoms with E-state index in [0.29, 0.717) is 6.54 Å². The number of phenols is 1. The van der Waals surface area contributed by atoms with E-state index in [1.807, 2.05) is 20.8 Å². The lowest BCUT2D eigenvalue weighted by atomic mass is 10.1. The van der Waals surface area contributed by atoms with E-state index in [9.17, 15) is 14.3 Å². The molecular weight excluding hydrogens is 209 g/mol. The van der Waals surface area contributed by atoms with Gasteiger partial charge in [-0.3, -0.25) is 4.79 Å². The Kier molecular flexibility index (Phi) is 3.88. The number of rotatable bonds is 3. The zero-order valence-electron chi connectivity index (χ0n) is 9.70. The quantitative estimate of drug-likeness (QED) is 0.858. The van der Waals surface area contributed by atoms with Gasteiger partial charge in [-0.2, -0.15) is 0 Å². The van der Waals surface area contributed by atoms with Crippen molar-refractivity contribution in [2.45, 2.75) is 26.8 Å². The highest BCUT2D eigenvalue weighted by atomic mass is 19.1. The lowest BCUT2D eigenvalue weighted by Crippen LogP contribution is -2.36. The van der Waals surface area contributed by atoms with Crippen molar-refractivity contribution in [3.63, 3.8) is 0 Å². The SMILES string of the molecule is CCN(C(=O)c1ccc(F)cc1O)C(C)C. The molecule has 0 saturated heterocycles. The number of nitrogens with zero attached hydrogens (tertiary/aromatic N) is 1. The topological polar surface area (TPSA) is 40.5 Å². The molecule has 16 heavy (non-hydrogen) atoms. The normalized spacial score (nSPS) is 10.6. The molecule has 1 N–H and O–H groups in total. The molecule has 0 aliphatic heterocycles. The predicted octanol–water partition coefficient (Wildman–Crippen LogP) is 2.40. The third-order valence-electron chi connectivity index (χ3n) is 2.42. The zero-order chi connectivity index (χ0) is 12.3. The molecule has 0 aliphatic carbocycles. The van der Waals surface area contributed by atoms with E-state index < -0.39 is 5.82 Å². The third kappa shape index (κ3) is 2.51. The molecular formula is C12H16FNO2. The van der Waals surface area contributed by atoms with Crippen molar-refractivity contribution in [2.75, 3.05) is 6.54 Å². The average molecular weight is 225 g/mol. The average Bonchev–Trinajstić information content (AvgIpc) is 2.17. The van der Waals surface area contributed by atoms with Gasteiger partial charge < -0.3 is 10.0 Å². The van der Waals surface area contributed by atoms with Gasteiger partial charge in [0.2, 0.25) is 0 Å². The Balaban J connectivity index is 3.04. The van der Waals surface area contributed by atoms with Crippen molar-refractivity contribution in [1.29, 1.82) is 0 Å². The Hall–Kier alpha value is -1.58. The second-order valence-electron chi connectivity index (χ2n) is 3.85. The van der Waals surface area contributed by atoms with E-state index in [4.69, 9.17) is 0 Å². The van der Waals surface area contributed by atoms with E-state index in [2.05, 4.69) is 0 Å². The second-order valence-corrected chi connectivity index (χ2v) is 3.85. The van der Waals surface area contributed by atoms with Gasteiger partial charge in [-0.25, -0.2) is 4.39 Å². The molecule has 0 atom stereocenters. The number of carbonyl (C=O) groups excluding carboxylic acids is 1. The standard InChI is InChI=1S/C12H16FNO2/c1-4-14(8(2)3)12(16)10-6-5-9(13)7-11(10)15/h5-8,15H,4H2,1-3H3. The molecule has 0 fully saturated rings. The summed E-state index contributed by atoms with van der Waals surface area (Å²) in [5.41, 5.74) is 0.136. The van der Waals surface area contributed by atoms with E-state index in [-0.39, 0.29) is 23.3 Å². The van der Waals surface area contributed by atoms with Gasteiger partial charge in [0.1, 0.15) is 11.6 Å². The van der Waals surface area contributed by atoms with Crippen molar-refractivity contribution < 1.29 is 14.3 Å². The largest absolute Gasteiger partial charge is 0.507 e. The minimum atomic E-state index is -0.554. The van der Waals surface area contributed by atoms with Gasteiger partial charge in [-0.15, -0.1) is 0 Å². The van der Waals surface area contributed by atoms with E-state index >= 15 is 0 Å². The smallest absolute Gasteiger partial charge is 0.257 e. The molecule has 0 radical (unpaired) electrons. The summed E-state index contributed by atoms with van der Waals surface area (Å²) < 4.78 is 12.8. The van der Waals surface area contributed by atoms with E-state index in [1.54, 1.807) is 4.90 Å². The first-order valence-electron chi connectivity index (χ1n) is 5.26. The van der Waals surface area contributed by atoms with Gasteiger partial charge in [-0.1, -0.05) is 0 Å². The van der Waals surface area contributed by atoms with Crippen LogP contribution in [0, 0.1) is 5.82 Å². The molecule has 0 unspecified atom stereocenters. The lowest BCUT2D eigenvalue weighted by molar-refractivity contribution is 0.0714. The van der Waals surface area contributed by atoms with Crippen LogP contribution in [0.2, 0.25) is 0 Å². The lowest BCUT2D eigenvalue weighted by Gasteiger charge is -2.25. The summed E-state index contributed by atoms with van der Waals surface area (Å²) in [5.74, 6) is -1.15. The molecule has 1 amide bonds. The summed E-state index contributed by atoms with van der Waals surface area (Å²) >= 11 is 0. The number of aromatic hydroxyl groups is 1. The minimum absolute atomic E-state index is 0.0435. The fourth-order valence-corrected chi connectivity index (χ4v) is 1.58. The molecule has 0 heterocycles. The Morgan fingerprint density at radius 2 is 2.12 bits per heavy atom. The molecule has 0 bridgehead atoms. The molecule has 0 aromatic heterocycles. The summed E-state index contributed by atoms with van der Waals surface area (Å²) in [6.45, 7) is 6.19. The summed E-state index contributed by atoms with van der Waals surface area (Å²) in [7, 11) is 0. The zero-order valence-corrected chi connectivity index (χ0v) is 9.70. The molecule has 88 valence electrons. The van der Waals surface area contributed by atoms with Crippen LogP contribution in [0.3, 0.4) is 0 Å². The van der Waals surface area contributed by atoms with Crippen LogP contribution in [0.15, 0.2) is 18.2 Å². The molecule has 0 aliphatic rings. The number of phenolic OH excluding ortho intramolecular Hbond substituents is 1. The van der Waals surface area contributed by atoms with Crippen LogP contribution in [-0.2, 0) is 0 Å². The van der Waals surface area contributed by atoms with E-state index in [0.717, 1.165) is 6.07 Å². The highest BCUT2D eigenvalue weighted by molar-refractivity contribution is 5.96. The van der Waals surface area contributed by atoms with Crippen LogP contribution < -0.4 is 0 Å². The third-order valence-corrected chi connectivity index (χ3v) is 2.42. The van der Waals surface area contributed by atoms with Crippen LogP contribution >= 0.6 is 0 Å². The summed E-state index contributed by atoms with van der Waals surface area (Å²) in [6.07, 6.45) is 0. The van der Waals surface area contributed by atoms with Crippen molar-refractivity contribution in [3.05, 3.63) is 29.6 Å². The Morgan fingerprint density at radius 3 is 2.56 bits per heavy atom. The molecule has 1 rings (SSSR count). The Bertz CT molecular complexity index is 391. The van der Waals surface area contributed by atoms with Gasteiger partial charge >= 0.3 is 0 Å². The van der Waals surface area contributed by atoms with Crippen molar-refractivity contribution >= 4 is 5.91 Å². The van der Waals surface area contributed by atoms with Gasteiger partial charge in [-0.05, 0) is 32.9 Å². The monoisotopic (exact) mass is 225 g/mol. The maximum atomic E-state index is 12.8. The number of amides is 1.